The van der Waals surface area contributed by atoms with Crippen molar-refractivity contribution in [3.05, 3.63) is 39.1 Å². The molecule has 0 saturated heterocycles. The molecule has 0 aliphatic rings. The van der Waals surface area contributed by atoms with Crippen LogP contribution in [0.3, 0.4) is 0 Å². The van der Waals surface area contributed by atoms with Crippen molar-refractivity contribution in [2.24, 2.45) is 0 Å². The van der Waals surface area contributed by atoms with E-state index < -0.39 is 11.8 Å². The van der Waals surface area contributed by atoms with Crippen molar-refractivity contribution in [1.82, 2.24) is 0 Å². The molecule has 0 fully saturated rings. The monoisotopic (exact) mass is 278 g/mol. The first-order chi connectivity index (χ1) is 6.50. The summed E-state index contributed by atoms with van der Waals surface area (Å²) in [4.78, 5) is 10.2. The number of carboxylic acids is 1. The molecule has 0 aliphatic heterocycles. The molecular weight excluding hydrogens is 274 g/mol. The van der Waals surface area contributed by atoms with Crippen LogP contribution in [0.4, 0.5) is 4.39 Å². The van der Waals surface area contributed by atoms with Gasteiger partial charge in [-0.1, -0.05) is 11.6 Å². The van der Waals surface area contributed by atoms with Crippen molar-refractivity contribution in [2.45, 2.75) is 0 Å². The van der Waals surface area contributed by atoms with E-state index in [1.165, 1.54) is 12.1 Å². The third-order valence-corrected chi connectivity index (χ3v) is 2.38. The Morgan fingerprint density at radius 2 is 2.21 bits per heavy atom. The second-order valence-electron chi connectivity index (χ2n) is 2.46. The molecule has 0 unspecified atom stereocenters. The molecule has 14 heavy (non-hydrogen) atoms. The fourth-order valence-corrected chi connectivity index (χ4v) is 1.40. The number of hydrogen-bond acceptors (Lipinski definition) is 1. The van der Waals surface area contributed by atoms with Crippen molar-refractivity contribution < 1.29 is 14.3 Å². The van der Waals surface area contributed by atoms with Crippen LogP contribution in [0.5, 0.6) is 0 Å². The molecule has 0 bridgehead atoms. The lowest BCUT2D eigenvalue weighted by Crippen LogP contribution is -1.87. The zero-order valence-electron chi connectivity index (χ0n) is 6.80. The second kappa shape index (κ2) is 4.57. The largest absolute Gasteiger partial charge is 0.478 e. The van der Waals surface area contributed by atoms with Crippen LogP contribution in [-0.4, -0.2) is 11.1 Å². The first kappa shape index (κ1) is 11.2. The van der Waals surface area contributed by atoms with E-state index in [-0.39, 0.29) is 9.50 Å². The van der Waals surface area contributed by atoms with Crippen LogP contribution in [0.1, 0.15) is 5.56 Å². The van der Waals surface area contributed by atoms with Gasteiger partial charge in [0.2, 0.25) is 0 Å². The van der Waals surface area contributed by atoms with Crippen LogP contribution in [0.15, 0.2) is 22.7 Å². The van der Waals surface area contributed by atoms with Gasteiger partial charge in [-0.15, -0.1) is 0 Å². The summed E-state index contributed by atoms with van der Waals surface area (Å²) < 4.78 is 13.1. The minimum atomic E-state index is -1.08. The molecule has 0 aromatic heterocycles. The predicted molar refractivity (Wildman–Crippen MR) is 55.8 cm³/mol. The molecule has 1 N–H and O–H groups in total. The van der Waals surface area contributed by atoms with Crippen LogP contribution < -0.4 is 0 Å². The number of carbonyl (C=O) groups is 1. The van der Waals surface area contributed by atoms with E-state index in [0.717, 1.165) is 12.1 Å². The number of aliphatic carboxylic acids is 1. The summed E-state index contributed by atoms with van der Waals surface area (Å²) in [5, 5.41) is 8.54. The Morgan fingerprint density at radius 3 is 2.79 bits per heavy atom. The molecule has 0 saturated carbocycles. The lowest BCUT2D eigenvalue weighted by atomic mass is 10.2. The molecule has 5 heteroatoms. The minimum absolute atomic E-state index is 0.170. The highest BCUT2D eigenvalue weighted by molar-refractivity contribution is 9.10. The number of hydrogen-bond donors (Lipinski definition) is 1. The maximum absolute atomic E-state index is 12.9. The van der Waals surface area contributed by atoms with E-state index in [0.29, 0.717) is 5.56 Å². The summed E-state index contributed by atoms with van der Waals surface area (Å²) in [7, 11) is 0. The average molecular weight is 279 g/mol. The molecule has 0 spiro atoms. The van der Waals surface area contributed by atoms with E-state index in [9.17, 15) is 9.18 Å². The normalized spacial score (nSPS) is 10.8. The Balaban J connectivity index is 3.10. The molecule has 1 rings (SSSR count). The first-order valence-corrected chi connectivity index (χ1v) is 4.73. The van der Waals surface area contributed by atoms with E-state index in [2.05, 4.69) is 15.9 Å². The molecule has 0 aliphatic carbocycles. The van der Waals surface area contributed by atoms with Crippen LogP contribution >= 0.6 is 27.5 Å². The Hall–Kier alpha value is -0.870. The van der Waals surface area contributed by atoms with E-state index in [1.807, 2.05) is 0 Å². The quantitative estimate of drug-likeness (QED) is 0.666. The zero-order chi connectivity index (χ0) is 10.7. The standard InChI is InChI=1S/C9H5BrClFO2/c10-6-3-5(1-2-9(13)14)7(11)4-8(6)12/h1-4H,(H,13,14)/b2-1+. The number of benzene rings is 1. The molecular formula is C9H5BrClFO2. The number of rotatable bonds is 2. The summed E-state index contributed by atoms with van der Waals surface area (Å²) in [6, 6.07) is 2.53. The van der Waals surface area contributed by atoms with Crippen molar-refractivity contribution >= 4 is 39.6 Å². The van der Waals surface area contributed by atoms with Crippen molar-refractivity contribution in [3.63, 3.8) is 0 Å². The first-order valence-electron chi connectivity index (χ1n) is 3.56. The van der Waals surface area contributed by atoms with Gasteiger partial charge in [-0.2, -0.15) is 0 Å². The highest BCUT2D eigenvalue weighted by Crippen LogP contribution is 2.25. The summed E-state index contributed by atoms with van der Waals surface area (Å²) in [5.41, 5.74) is 0.447. The summed E-state index contributed by atoms with van der Waals surface area (Å²) >= 11 is 8.65. The highest BCUT2D eigenvalue weighted by atomic mass is 79.9. The fourth-order valence-electron chi connectivity index (χ4n) is 0.827. The zero-order valence-corrected chi connectivity index (χ0v) is 9.14. The third-order valence-electron chi connectivity index (χ3n) is 1.45. The molecule has 1 aromatic rings. The van der Waals surface area contributed by atoms with Gasteiger partial charge >= 0.3 is 5.97 Å². The Bertz CT molecular complexity index is 404. The molecule has 1 aromatic carbocycles. The predicted octanol–water partition coefficient (Wildman–Crippen LogP) is 3.34. The molecule has 0 radical (unpaired) electrons. The van der Waals surface area contributed by atoms with Crippen molar-refractivity contribution in [3.8, 4) is 0 Å². The molecule has 0 atom stereocenters. The summed E-state index contributed by atoms with van der Waals surface area (Å²) in [5.74, 6) is -1.57. The van der Waals surface area contributed by atoms with Crippen molar-refractivity contribution in [1.29, 1.82) is 0 Å². The van der Waals surface area contributed by atoms with Gasteiger partial charge in [0.1, 0.15) is 5.82 Å². The van der Waals surface area contributed by atoms with Gasteiger partial charge in [0.25, 0.3) is 0 Å². The maximum Gasteiger partial charge on any atom is 0.328 e. The third kappa shape index (κ3) is 2.82. The van der Waals surface area contributed by atoms with Crippen molar-refractivity contribution in [2.75, 3.05) is 0 Å². The van der Waals surface area contributed by atoms with Gasteiger partial charge in [0, 0.05) is 6.08 Å². The lowest BCUT2D eigenvalue weighted by molar-refractivity contribution is -0.131. The van der Waals surface area contributed by atoms with Gasteiger partial charge < -0.3 is 5.11 Å². The Kier molecular flexibility index (Phi) is 3.66. The van der Waals surface area contributed by atoms with E-state index >= 15 is 0 Å². The maximum atomic E-state index is 12.9. The van der Waals surface area contributed by atoms with Crippen LogP contribution in [0.2, 0.25) is 5.02 Å². The van der Waals surface area contributed by atoms with Gasteiger partial charge in [0.15, 0.2) is 0 Å². The molecule has 74 valence electrons. The van der Waals surface area contributed by atoms with E-state index in [1.54, 1.807) is 0 Å². The Labute approximate surface area is 93.1 Å². The number of halogens is 3. The summed E-state index contributed by atoms with van der Waals surface area (Å²) in [6.45, 7) is 0. The topological polar surface area (TPSA) is 37.3 Å². The van der Waals surface area contributed by atoms with Gasteiger partial charge in [-0.05, 0) is 39.7 Å². The molecule has 0 heterocycles. The molecule has 2 nitrogen and oxygen atoms in total. The second-order valence-corrected chi connectivity index (χ2v) is 3.72. The highest BCUT2D eigenvalue weighted by Gasteiger charge is 2.04. The number of carboxylic acid groups (broad SMARTS) is 1. The Morgan fingerprint density at radius 1 is 1.57 bits per heavy atom. The smallest absolute Gasteiger partial charge is 0.328 e. The van der Waals surface area contributed by atoms with Gasteiger partial charge in [-0.25, -0.2) is 9.18 Å². The molecule has 0 amide bonds. The lowest BCUT2D eigenvalue weighted by Gasteiger charge is -2.00. The van der Waals surface area contributed by atoms with Gasteiger partial charge in [0.05, 0.1) is 9.50 Å². The van der Waals surface area contributed by atoms with Crippen LogP contribution in [0, 0.1) is 5.82 Å². The van der Waals surface area contributed by atoms with Gasteiger partial charge in [-0.3, -0.25) is 0 Å². The van der Waals surface area contributed by atoms with Crippen LogP contribution in [0.25, 0.3) is 6.08 Å². The fraction of sp³-hybridized carbons (Fsp3) is 0. The minimum Gasteiger partial charge on any atom is -0.478 e. The summed E-state index contributed by atoms with van der Waals surface area (Å²) in [6.07, 6.45) is 2.24. The SMILES string of the molecule is O=C(O)/C=C/c1cc(Br)c(F)cc1Cl. The van der Waals surface area contributed by atoms with E-state index in [4.69, 9.17) is 16.7 Å². The average Bonchev–Trinajstić information content (AvgIpc) is 2.09. The van der Waals surface area contributed by atoms with Crippen LogP contribution in [-0.2, 0) is 4.79 Å².